The second kappa shape index (κ2) is 8.10. The third-order valence-corrected chi connectivity index (χ3v) is 3.06. The number of hydrogen-bond donors (Lipinski definition) is 1. The van der Waals surface area contributed by atoms with Crippen molar-refractivity contribution in [1.82, 2.24) is 10.2 Å². The molecule has 0 saturated heterocycles. The molecule has 4 heteroatoms. The number of hydrogen-bond acceptors (Lipinski definition) is 3. The van der Waals surface area contributed by atoms with Crippen molar-refractivity contribution >= 4 is 11.6 Å². The fourth-order valence-corrected chi connectivity index (χ4v) is 1.91. The van der Waals surface area contributed by atoms with Crippen LogP contribution in [0.3, 0.4) is 0 Å². The van der Waals surface area contributed by atoms with Gasteiger partial charge < -0.3 is 10.2 Å². The van der Waals surface area contributed by atoms with Crippen molar-refractivity contribution < 1.29 is 0 Å². The fraction of sp³-hybridized carbons (Fsp3) is 0.500. The highest BCUT2D eigenvalue weighted by Crippen LogP contribution is 2.17. The van der Waals surface area contributed by atoms with Crippen LogP contribution < -0.4 is 5.32 Å². The lowest BCUT2D eigenvalue weighted by molar-refractivity contribution is 0.391. The molecule has 98 valence electrons. The number of halogens is 1. The summed E-state index contributed by atoms with van der Waals surface area (Å²) >= 11 is 6.09. The van der Waals surface area contributed by atoms with Crippen LogP contribution in [0.1, 0.15) is 24.0 Å². The maximum Gasteiger partial charge on any atom is 0.0992 e. The third-order valence-electron chi connectivity index (χ3n) is 2.71. The summed E-state index contributed by atoms with van der Waals surface area (Å²) in [5.41, 5.74) is 1.65. The summed E-state index contributed by atoms with van der Waals surface area (Å²) in [6.07, 6.45) is 2.35. The van der Waals surface area contributed by atoms with Gasteiger partial charge in [0, 0.05) is 11.6 Å². The number of unbranched alkanes of at least 4 members (excludes halogenated alkanes) is 1. The van der Waals surface area contributed by atoms with E-state index in [1.807, 2.05) is 6.07 Å². The molecule has 0 heterocycles. The van der Waals surface area contributed by atoms with Crippen molar-refractivity contribution in [2.75, 3.05) is 27.2 Å². The summed E-state index contributed by atoms with van der Waals surface area (Å²) < 4.78 is 0. The van der Waals surface area contributed by atoms with Crippen LogP contribution in [-0.2, 0) is 6.54 Å². The minimum Gasteiger partial charge on any atom is -0.313 e. The molecule has 3 nitrogen and oxygen atoms in total. The second-order valence-electron chi connectivity index (χ2n) is 4.61. The van der Waals surface area contributed by atoms with Crippen molar-refractivity contribution in [3.05, 3.63) is 34.3 Å². The van der Waals surface area contributed by atoms with Crippen molar-refractivity contribution in [2.45, 2.75) is 19.4 Å². The number of nitrogens with one attached hydrogen (secondary N) is 1. The molecular formula is C14H20ClN3. The highest BCUT2D eigenvalue weighted by molar-refractivity contribution is 6.31. The normalized spacial score (nSPS) is 10.6. The van der Waals surface area contributed by atoms with Gasteiger partial charge in [-0.05, 0) is 57.7 Å². The summed E-state index contributed by atoms with van der Waals surface area (Å²) in [7, 11) is 4.17. The molecule has 1 aromatic carbocycles. The van der Waals surface area contributed by atoms with Crippen LogP contribution in [-0.4, -0.2) is 32.1 Å². The zero-order valence-corrected chi connectivity index (χ0v) is 11.8. The summed E-state index contributed by atoms with van der Waals surface area (Å²) in [6.45, 7) is 2.87. The molecule has 0 aromatic heterocycles. The molecule has 0 spiro atoms. The Morgan fingerprint density at radius 2 is 2.11 bits per heavy atom. The van der Waals surface area contributed by atoms with Crippen LogP contribution in [0.2, 0.25) is 5.02 Å². The van der Waals surface area contributed by atoms with Crippen molar-refractivity contribution in [2.24, 2.45) is 0 Å². The van der Waals surface area contributed by atoms with E-state index >= 15 is 0 Å². The minimum atomic E-state index is 0.606. The summed E-state index contributed by atoms with van der Waals surface area (Å²) in [5, 5.41) is 12.8. The zero-order valence-electron chi connectivity index (χ0n) is 11.0. The molecule has 0 bridgehead atoms. The maximum atomic E-state index is 8.74. The Labute approximate surface area is 114 Å². The smallest absolute Gasteiger partial charge is 0.0992 e. The average molecular weight is 266 g/mol. The van der Waals surface area contributed by atoms with E-state index in [0.717, 1.165) is 31.6 Å². The van der Waals surface area contributed by atoms with Gasteiger partial charge in [0.2, 0.25) is 0 Å². The Bertz CT molecular complexity index is 410. The topological polar surface area (TPSA) is 39.1 Å². The van der Waals surface area contributed by atoms with Crippen LogP contribution in [0.25, 0.3) is 0 Å². The first-order valence-corrected chi connectivity index (χ1v) is 6.55. The van der Waals surface area contributed by atoms with Gasteiger partial charge in [-0.15, -0.1) is 0 Å². The van der Waals surface area contributed by atoms with Gasteiger partial charge in [0.25, 0.3) is 0 Å². The molecule has 1 N–H and O–H groups in total. The first-order chi connectivity index (χ1) is 8.63. The highest BCUT2D eigenvalue weighted by Gasteiger charge is 2.01. The van der Waals surface area contributed by atoms with Gasteiger partial charge in [-0.25, -0.2) is 0 Å². The standard InChI is InChI=1S/C14H20ClN3/c1-18(2)8-4-3-7-17-11-13-6-5-12(10-16)9-14(13)15/h5-6,9,17H,3-4,7-8,11H2,1-2H3. The molecule has 18 heavy (non-hydrogen) atoms. The third kappa shape index (κ3) is 5.50. The molecule has 0 atom stereocenters. The molecular weight excluding hydrogens is 246 g/mol. The lowest BCUT2D eigenvalue weighted by Crippen LogP contribution is -2.18. The van der Waals surface area contributed by atoms with Gasteiger partial charge in [-0.1, -0.05) is 17.7 Å². The SMILES string of the molecule is CN(C)CCCCNCc1ccc(C#N)cc1Cl. The molecule has 0 aliphatic carbocycles. The van der Waals surface area contributed by atoms with E-state index in [-0.39, 0.29) is 0 Å². The van der Waals surface area contributed by atoms with Gasteiger partial charge in [0.1, 0.15) is 0 Å². The molecule has 0 radical (unpaired) electrons. The van der Waals surface area contributed by atoms with E-state index in [0.29, 0.717) is 10.6 Å². The monoisotopic (exact) mass is 265 g/mol. The predicted octanol–water partition coefficient (Wildman–Crippen LogP) is 2.64. The molecule has 1 rings (SSSR count). The highest BCUT2D eigenvalue weighted by atomic mass is 35.5. The second-order valence-corrected chi connectivity index (χ2v) is 5.01. The average Bonchev–Trinajstić information content (AvgIpc) is 2.34. The molecule has 0 unspecified atom stereocenters. The minimum absolute atomic E-state index is 0.606. The molecule has 0 aliphatic heterocycles. The summed E-state index contributed by atoms with van der Waals surface area (Å²) in [6, 6.07) is 7.50. The van der Waals surface area contributed by atoms with Crippen LogP contribution in [0.5, 0.6) is 0 Å². The zero-order chi connectivity index (χ0) is 13.4. The lowest BCUT2D eigenvalue weighted by Gasteiger charge is -2.10. The Morgan fingerprint density at radius 3 is 2.72 bits per heavy atom. The maximum absolute atomic E-state index is 8.74. The van der Waals surface area contributed by atoms with Crippen LogP contribution in [0.15, 0.2) is 18.2 Å². The number of nitriles is 1. The van der Waals surface area contributed by atoms with Gasteiger partial charge >= 0.3 is 0 Å². The van der Waals surface area contributed by atoms with E-state index < -0.39 is 0 Å². The first-order valence-electron chi connectivity index (χ1n) is 6.17. The van der Waals surface area contributed by atoms with E-state index in [9.17, 15) is 0 Å². The van der Waals surface area contributed by atoms with Crippen molar-refractivity contribution in [3.63, 3.8) is 0 Å². The van der Waals surface area contributed by atoms with E-state index in [1.165, 1.54) is 6.42 Å². The lowest BCUT2D eigenvalue weighted by atomic mass is 10.1. The van der Waals surface area contributed by atoms with Gasteiger partial charge in [-0.3, -0.25) is 0 Å². The molecule has 1 aromatic rings. The number of rotatable bonds is 7. The largest absolute Gasteiger partial charge is 0.313 e. The quantitative estimate of drug-likeness (QED) is 0.771. The van der Waals surface area contributed by atoms with Crippen LogP contribution in [0.4, 0.5) is 0 Å². The van der Waals surface area contributed by atoms with Gasteiger partial charge in [-0.2, -0.15) is 5.26 Å². The number of benzene rings is 1. The summed E-state index contributed by atoms with van der Waals surface area (Å²) in [5.74, 6) is 0. The Hall–Kier alpha value is -1.08. The van der Waals surface area contributed by atoms with E-state index in [4.69, 9.17) is 16.9 Å². The Balaban J connectivity index is 2.25. The van der Waals surface area contributed by atoms with E-state index in [2.05, 4.69) is 30.4 Å². The van der Waals surface area contributed by atoms with Crippen LogP contribution >= 0.6 is 11.6 Å². The molecule has 0 amide bonds. The van der Waals surface area contributed by atoms with E-state index in [1.54, 1.807) is 12.1 Å². The van der Waals surface area contributed by atoms with Crippen molar-refractivity contribution in [3.8, 4) is 6.07 Å². The summed E-state index contributed by atoms with van der Waals surface area (Å²) in [4.78, 5) is 2.19. The van der Waals surface area contributed by atoms with Crippen LogP contribution in [0, 0.1) is 11.3 Å². The number of nitrogens with zero attached hydrogens (tertiary/aromatic N) is 2. The molecule has 0 saturated carbocycles. The molecule has 0 aliphatic rings. The van der Waals surface area contributed by atoms with Crippen molar-refractivity contribution in [1.29, 1.82) is 5.26 Å². The van der Waals surface area contributed by atoms with Gasteiger partial charge in [0.15, 0.2) is 0 Å². The van der Waals surface area contributed by atoms with Gasteiger partial charge in [0.05, 0.1) is 11.6 Å². The first kappa shape index (κ1) is 15.0. The predicted molar refractivity (Wildman–Crippen MR) is 75.7 cm³/mol. The Morgan fingerprint density at radius 1 is 1.33 bits per heavy atom. The fourth-order valence-electron chi connectivity index (χ4n) is 1.66. The molecule has 0 fully saturated rings. The Kier molecular flexibility index (Phi) is 6.74.